The molecule has 0 bridgehead atoms. The number of phenolic OH excluding ortho intramolecular Hbond substituents is 1. The molecule has 0 radical (unpaired) electrons. The quantitative estimate of drug-likeness (QED) is 0.795. The topological polar surface area (TPSA) is 77.5 Å². The Morgan fingerprint density at radius 1 is 0.931 bits per heavy atom. The highest BCUT2D eigenvalue weighted by Crippen LogP contribution is 2.38. The lowest BCUT2D eigenvalue weighted by atomic mass is 9.88. The number of nitrogens with zero attached hydrogens (tertiary/aromatic N) is 1. The highest BCUT2D eigenvalue weighted by atomic mass is 16.7. The summed E-state index contributed by atoms with van der Waals surface area (Å²) in [5.74, 6) is 2.97. The molecule has 2 aromatic carbocycles. The molecular weight excluding hydrogens is 374 g/mol. The molecule has 7 nitrogen and oxygen atoms in total. The number of hydrogen-bond donors (Lipinski definition) is 1. The number of ether oxygens (including phenoxy) is 4. The van der Waals surface area contributed by atoms with Crippen molar-refractivity contribution < 1.29 is 28.8 Å². The maximum atomic E-state index is 12.9. The second-order valence-electron chi connectivity index (χ2n) is 7.61. The predicted molar refractivity (Wildman–Crippen MR) is 104 cm³/mol. The monoisotopic (exact) mass is 397 g/mol. The highest BCUT2D eigenvalue weighted by Gasteiger charge is 2.28. The Bertz CT molecular complexity index is 935. The van der Waals surface area contributed by atoms with E-state index < -0.39 is 0 Å². The molecule has 29 heavy (non-hydrogen) atoms. The van der Waals surface area contributed by atoms with Crippen molar-refractivity contribution in [1.29, 1.82) is 0 Å². The molecule has 1 N–H and O–H groups in total. The van der Waals surface area contributed by atoms with Gasteiger partial charge in [-0.15, -0.1) is 0 Å². The van der Waals surface area contributed by atoms with Crippen molar-refractivity contribution in [3.05, 3.63) is 41.5 Å². The summed E-state index contributed by atoms with van der Waals surface area (Å²) in [7, 11) is 0. The van der Waals surface area contributed by atoms with E-state index in [-0.39, 0.29) is 24.2 Å². The van der Waals surface area contributed by atoms with Gasteiger partial charge >= 0.3 is 0 Å². The smallest absolute Gasteiger partial charge is 0.231 e. The van der Waals surface area contributed by atoms with Gasteiger partial charge in [0, 0.05) is 29.7 Å². The number of aromatic hydroxyl groups is 1. The van der Waals surface area contributed by atoms with Crippen molar-refractivity contribution >= 4 is 5.78 Å². The molecule has 0 aliphatic carbocycles. The maximum absolute atomic E-state index is 12.9. The first-order chi connectivity index (χ1) is 14.2. The fraction of sp³-hybridized carbons (Fsp3) is 0.409. The minimum Gasteiger partial charge on any atom is -0.507 e. The van der Waals surface area contributed by atoms with Crippen LogP contribution in [0.1, 0.15) is 28.8 Å². The molecule has 1 saturated heterocycles. The van der Waals surface area contributed by atoms with Crippen LogP contribution in [0.3, 0.4) is 0 Å². The highest BCUT2D eigenvalue weighted by molar-refractivity contribution is 5.98. The van der Waals surface area contributed by atoms with Crippen molar-refractivity contribution in [2.45, 2.75) is 19.4 Å². The predicted octanol–water partition coefficient (Wildman–Crippen LogP) is 2.99. The van der Waals surface area contributed by atoms with Crippen LogP contribution in [0.5, 0.6) is 28.7 Å². The minimum absolute atomic E-state index is 0.000778. The summed E-state index contributed by atoms with van der Waals surface area (Å²) < 4.78 is 21.8. The van der Waals surface area contributed by atoms with Crippen LogP contribution in [0.15, 0.2) is 30.3 Å². The van der Waals surface area contributed by atoms with Crippen LogP contribution in [-0.2, 0) is 6.54 Å². The Morgan fingerprint density at radius 2 is 1.62 bits per heavy atom. The molecule has 7 heteroatoms. The zero-order valence-corrected chi connectivity index (χ0v) is 16.1. The van der Waals surface area contributed by atoms with Crippen LogP contribution in [0.2, 0.25) is 0 Å². The number of fused-ring (bicyclic) bond motifs is 2. The van der Waals surface area contributed by atoms with E-state index >= 15 is 0 Å². The molecule has 0 amide bonds. The average molecular weight is 397 g/mol. The summed E-state index contributed by atoms with van der Waals surface area (Å²) in [5.41, 5.74) is 1.49. The fourth-order valence-electron chi connectivity index (χ4n) is 4.13. The normalized spacial score (nSPS) is 18.6. The van der Waals surface area contributed by atoms with Gasteiger partial charge in [0.1, 0.15) is 19.0 Å². The molecule has 1 fully saturated rings. The van der Waals surface area contributed by atoms with Crippen LogP contribution in [0.4, 0.5) is 0 Å². The molecule has 0 saturated carbocycles. The number of carbonyl (C=O) groups is 1. The summed E-state index contributed by atoms with van der Waals surface area (Å²) >= 11 is 0. The number of hydrogen-bond acceptors (Lipinski definition) is 7. The third-order valence-corrected chi connectivity index (χ3v) is 5.75. The molecule has 3 aliphatic heterocycles. The van der Waals surface area contributed by atoms with Gasteiger partial charge in [0.2, 0.25) is 6.79 Å². The number of benzene rings is 2. The van der Waals surface area contributed by atoms with Gasteiger partial charge in [-0.3, -0.25) is 9.69 Å². The Hall–Kier alpha value is -2.93. The lowest BCUT2D eigenvalue weighted by Crippen LogP contribution is -2.36. The molecule has 2 aromatic rings. The molecule has 0 spiro atoms. The lowest BCUT2D eigenvalue weighted by Gasteiger charge is -2.31. The van der Waals surface area contributed by atoms with Gasteiger partial charge in [-0.25, -0.2) is 0 Å². The summed E-state index contributed by atoms with van der Waals surface area (Å²) in [4.78, 5) is 15.2. The molecule has 0 aromatic heterocycles. The van der Waals surface area contributed by atoms with Crippen LogP contribution in [-0.4, -0.2) is 48.9 Å². The third kappa shape index (κ3) is 3.58. The first-order valence-corrected chi connectivity index (χ1v) is 9.95. The van der Waals surface area contributed by atoms with E-state index in [4.69, 9.17) is 18.9 Å². The van der Waals surface area contributed by atoms with E-state index in [9.17, 15) is 9.90 Å². The first-order valence-electron chi connectivity index (χ1n) is 9.95. The Kier molecular flexibility index (Phi) is 4.67. The number of piperidine rings is 1. The molecule has 3 aliphatic rings. The Balaban J connectivity index is 1.21. The van der Waals surface area contributed by atoms with Crippen LogP contribution >= 0.6 is 0 Å². The van der Waals surface area contributed by atoms with Crippen molar-refractivity contribution in [2.75, 3.05) is 33.1 Å². The average Bonchev–Trinajstić information content (AvgIpc) is 3.21. The van der Waals surface area contributed by atoms with Gasteiger partial charge in [-0.2, -0.15) is 0 Å². The van der Waals surface area contributed by atoms with E-state index in [1.807, 2.05) is 18.2 Å². The standard InChI is InChI=1S/C22H23NO6/c24-17-11-21-20(28-13-29-21)10-16(17)12-23-5-3-14(4-6-23)22(25)15-1-2-18-19(9-15)27-8-7-26-18/h1-2,9-11,14,24H,3-8,12-13H2. The van der Waals surface area contributed by atoms with Crippen LogP contribution in [0.25, 0.3) is 0 Å². The first kappa shape index (κ1) is 18.1. The number of ketones is 1. The van der Waals surface area contributed by atoms with Crippen molar-refractivity contribution in [1.82, 2.24) is 4.90 Å². The Labute approximate surface area is 168 Å². The van der Waals surface area contributed by atoms with Crippen molar-refractivity contribution in [3.63, 3.8) is 0 Å². The van der Waals surface area contributed by atoms with Gasteiger partial charge < -0.3 is 24.1 Å². The summed E-state index contributed by atoms with van der Waals surface area (Å²) in [6.45, 7) is 3.45. The SMILES string of the molecule is O=C(c1ccc2c(c1)OCCO2)C1CCN(Cc2cc3c(cc2O)OCO3)CC1. The molecule has 0 atom stereocenters. The molecule has 152 valence electrons. The number of carbonyl (C=O) groups excluding carboxylic acids is 1. The van der Waals surface area contributed by atoms with Gasteiger partial charge in [-0.05, 0) is 50.2 Å². The minimum atomic E-state index is -0.000778. The summed E-state index contributed by atoms with van der Waals surface area (Å²) in [5, 5.41) is 10.3. The number of likely N-dealkylation sites (tertiary alicyclic amines) is 1. The molecule has 5 rings (SSSR count). The maximum Gasteiger partial charge on any atom is 0.231 e. The van der Waals surface area contributed by atoms with E-state index in [2.05, 4.69) is 4.90 Å². The number of phenols is 1. The van der Waals surface area contributed by atoms with Gasteiger partial charge in [0.25, 0.3) is 0 Å². The second kappa shape index (κ2) is 7.48. The Morgan fingerprint density at radius 3 is 2.41 bits per heavy atom. The molecular formula is C22H23NO6. The van der Waals surface area contributed by atoms with Gasteiger partial charge in [0.15, 0.2) is 28.8 Å². The van der Waals surface area contributed by atoms with Gasteiger partial charge in [-0.1, -0.05) is 0 Å². The van der Waals surface area contributed by atoms with Crippen LogP contribution < -0.4 is 18.9 Å². The summed E-state index contributed by atoms with van der Waals surface area (Å²) in [6.07, 6.45) is 1.58. The van der Waals surface area contributed by atoms with Crippen molar-refractivity contribution in [3.8, 4) is 28.7 Å². The van der Waals surface area contributed by atoms with E-state index in [1.54, 1.807) is 12.1 Å². The van der Waals surface area contributed by atoms with E-state index in [1.165, 1.54) is 0 Å². The third-order valence-electron chi connectivity index (χ3n) is 5.75. The van der Waals surface area contributed by atoms with E-state index in [0.29, 0.717) is 48.3 Å². The second-order valence-corrected chi connectivity index (χ2v) is 7.61. The number of Topliss-reactive ketones (excluding diaryl/α,β-unsaturated/α-hetero) is 1. The zero-order valence-electron chi connectivity index (χ0n) is 16.1. The molecule has 0 unspecified atom stereocenters. The van der Waals surface area contributed by atoms with Gasteiger partial charge in [0.05, 0.1) is 0 Å². The van der Waals surface area contributed by atoms with Crippen LogP contribution in [0, 0.1) is 5.92 Å². The largest absolute Gasteiger partial charge is 0.507 e. The zero-order chi connectivity index (χ0) is 19.8. The van der Waals surface area contributed by atoms with E-state index in [0.717, 1.165) is 31.5 Å². The number of rotatable bonds is 4. The molecule has 3 heterocycles. The summed E-state index contributed by atoms with van der Waals surface area (Å²) in [6, 6.07) is 8.89. The fourth-order valence-corrected chi connectivity index (χ4v) is 4.13. The van der Waals surface area contributed by atoms with Crippen molar-refractivity contribution in [2.24, 2.45) is 5.92 Å². The lowest BCUT2D eigenvalue weighted by molar-refractivity contribution is 0.0833.